The molecule has 0 saturated heterocycles. The van der Waals surface area contributed by atoms with Gasteiger partial charge in [-0.15, -0.1) is 11.3 Å². The van der Waals surface area contributed by atoms with Crippen LogP contribution >= 0.6 is 27.3 Å². The Bertz CT molecular complexity index is 552. The number of rotatable bonds is 2. The Balaban J connectivity index is 1.97. The first kappa shape index (κ1) is 12.6. The monoisotopic (exact) mass is 324 g/mol. The van der Waals surface area contributed by atoms with Crippen molar-refractivity contribution in [2.45, 2.75) is 31.6 Å². The van der Waals surface area contributed by atoms with Gasteiger partial charge in [-0.3, -0.25) is 0 Å². The van der Waals surface area contributed by atoms with E-state index in [1.54, 1.807) is 0 Å². The molecule has 1 aromatic heterocycles. The van der Waals surface area contributed by atoms with Gasteiger partial charge in [-0.2, -0.15) is 0 Å². The van der Waals surface area contributed by atoms with E-state index in [0.717, 1.165) is 16.5 Å². The van der Waals surface area contributed by atoms with Crippen LogP contribution in [0.4, 0.5) is 0 Å². The summed E-state index contributed by atoms with van der Waals surface area (Å²) in [5.41, 5.74) is 7.04. The molecule has 4 heteroatoms. The van der Waals surface area contributed by atoms with Gasteiger partial charge in [-0.05, 0) is 43.5 Å². The number of benzene rings is 1. The van der Waals surface area contributed by atoms with E-state index < -0.39 is 0 Å². The first-order valence-electron chi connectivity index (χ1n) is 6.54. The predicted octanol–water partition coefficient (Wildman–Crippen LogP) is 4.29. The van der Waals surface area contributed by atoms with Gasteiger partial charge >= 0.3 is 0 Å². The Kier molecular flexibility index (Phi) is 3.68. The number of hydrogen-bond acceptors (Lipinski definition) is 3. The summed E-state index contributed by atoms with van der Waals surface area (Å²) in [6.45, 7) is 0.796. The fraction of sp³-hybridized carbons (Fsp3) is 0.500. The van der Waals surface area contributed by atoms with Crippen LogP contribution in [0.1, 0.15) is 36.6 Å². The number of thiazole rings is 1. The van der Waals surface area contributed by atoms with Gasteiger partial charge in [-0.25, -0.2) is 4.98 Å². The van der Waals surface area contributed by atoms with E-state index >= 15 is 0 Å². The van der Waals surface area contributed by atoms with Crippen LogP contribution in [-0.4, -0.2) is 11.5 Å². The molecule has 2 aromatic rings. The van der Waals surface area contributed by atoms with Gasteiger partial charge in [0, 0.05) is 10.4 Å². The van der Waals surface area contributed by atoms with Crippen molar-refractivity contribution in [2.75, 3.05) is 6.54 Å². The van der Waals surface area contributed by atoms with Crippen LogP contribution in [0.2, 0.25) is 0 Å². The zero-order valence-electron chi connectivity index (χ0n) is 10.2. The number of fused-ring (bicyclic) bond motifs is 1. The molecule has 3 rings (SSSR count). The average Bonchev–Trinajstić information content (AvgIpc) is 2.81. The summed E-state index contributed by atoms with van der Waals surface area (Å²) >= 11 is 5.36. The van der Waals surface area contributed by atoms with Crippen molar-refractivity contribution in [1.29, 1.82) is 0 Å². The fourth-order valence-corrected chi connectivity index (χ4v) is 4.64. The normalized spacial score (nSPS) is 24.6. The van der Waals surface area contributed by atoms with Gasteiger partial charge in [0.1, 0.15) is 0 Å². The Hall–Kier alpha value is -0.450. The van der Waals surface area contributed by atoms with Crippen LogP contribution in [0.5, 0.6) is 0 Å². The lowest BCUT2D eigenvalue weighted by molar-refractivity contribution is 0.314. The van der Waals surface area contributed by atoms with Crippen LogP contribution in [0.3, 0.4) is 0 Å². The molecular formula is C14H17BrN2S. The number of aromatic nitrogens is 1. The van der Waals surface area contributed by atoms with Crippen LogP contribution in [0.15, 0.2) is 22.7 Å². The Morgan fingerprint density at radius 3 is 3.00 bits per heavy atom. The minimum atomic E-state index is 0.583. The molecule has 18 heavy (non-hydrogen) atoms. The first-order valence-corrected chi connectivity index (χ1v) is 8.15. The topological polar surface area (TPSA) is 38.9 Å². The lowest BCUT2D eigenvalue weighted by atomic mass is 9.79. The smallest absolute Gasteiger partial charge is 0.0972 e. The van der Waals surface area contributed by atoms with E-state index in [0.29, 0.717) is 11.8 Å². The van der Waals surface area contributed by atoms with E-state index in [4.69, 9.17) is 10.7 Å². The van der Waals surface area contributed by atoms with Gasteiger partial charge in [0.25, 0.3) is 0 Å². The number of nitrogens with zero attached hydrogens (tertiary/aromatic N) is 1. The maximum atomic E-state index is 5.92. The predicted molar refractivity (Wildman–Crippen MR) is 81.1 cm³/mol. The molecule has 2 unspecified atom stereocenters. The Labute approximate surface area is 120 Å². The molecule has 2 nitrogen and oxygen atoms in total. The van der Waals surface area contributed by atoms with Crippen molar-refractivity contribution in [3.05, 3.63) is 27.7 Å². The standard InChI is InChI=1S/C14H17BrN2S/c15-10-5-6-12-13(7-10)18-14(17-12)11-4-2-1-3-9(11)8-16/h5-7,9,11H,1-4,8,16H2. The molecule has 2 N–H and O–H groups in total. The number of halogens is 1. The highest BCUT2D eigenvalue weighted by atomic mass is 79.9. The molecule has 0 bridgehead atoms. The summed E-state index contributed by atoms with van der Waals surface area (Å²) in [6.07, 6.45) is 5.17. The first-order chi connectivity index (χ1) is 8.78. The molecule has 0 radical (unpaired) electrons. The van der Waals surface area contributed by atoms with Crippen molar-refractivity contribution in [3.8, 4) is 0 Å². The summed E-state index contributed by atoms with van der Waals surface area (Å²) in [5, 5.41) is 1.29. The van der Waals surface area contributed by atoms with Gasteiger partial charge in [0.05, 0.1) is 15.2 Å². The minimum Gasteiger partial charge on any atom is -0.330 e. The molecule has 0 aliphatic heterocycles. The second-order valence-corrected chi connectivity index (χ2v) is 7.03. The van der Waals surface area contributed by atoms with Crippen LogP contribution in [0, 0.1) is 5.92 Å². The van der Waals surface area contributed by atoms with E-state index in [1.165, 1.54) is 35.4 Å². The van der Waals surface area contributed by atoms with E-state index in [1.807, 2.05) is 11.3 Å². The van der Waals surface area contributed by atoms with Gasteiger partial charge < -0.3 is 5.73 Å². The highest BCUT2D eigenvalue weighted by Crippen LogP contribution is 2.40. The molecule has 1 aromatic carbocycles. The summed E-state index contributed by atoms with van der Waals surface area (Å²) in [7, 11) is 0. The SMILES string of the molecule is NCC1CCCCC1c1nc2ccc(Br)cc2s1. The third kappa shape index (κ3) is 2.33. The zero-order valence-corrected chi connectivity index (χ0v) is 12.6. The fourth-order valence-electron chi connectivity index (χ4n) is 2.89. The quantitative estimate of drug-likeness (QED) is 0.894. The second-order valence-electron chi connectivity index (χ2n) is 5.05. The highest BCUT2D eigenvalue weighted by Gasteiger charge is 2.27. The largest absolute Gasteiger partial charge is 0.330 e. The molecule has 0 amide bonds. The molecule has 1 saturated carbocycles. The van der Waals surface area contributed by atoms with E-state index in [-0.39, 0.29) is 0 Å². The van der Waals surface area contributed by atoms with Crippen molar-refractivity contribution in [2.24, 2.45) is 11.7 Å². The highest BCUT2D eigenvalue weighted by molar-refractivity contribution is 9.10. The molecular weight excluding hydrogens is 308 g/mol. The average molecular weight is 325 g/mol. The Morgan fingerprint density at radius 1 is 1.33 bits per heavy atom. The molecule has 96 valence electrons. The van der Waals surface area contributed by atoms with Crippen molar-refractivity contribution >= 4 is 37.5 Å². The van der Waals surface area contributed by atoms with Gasteiger partial charge in [0.15, 0.2) is 0 Å². The van der Waals surface area contributed by atoms with Crippen LogP contribution < -0.4 is 5.73 Å². The lowest BCUT2D eigenvalue weighted by Gasteiger charge is -2.28. The molecule has 1 aliphatic carbocycles. The summed E-state index contributed by atoms with van der Waals surface area (Å²) in [4.78, 5) is 4.82. The third-order valence-electron chi connectivity index (χ3n) is 3.90. The summed E-state index contributed by atoms with van der Waals surface area (Å²) < 4.78 is 2.41. The number of hydrogen-bond donors (Lipinski definition) is 1. The maximum absolute atomic E-state index is 5.92. The molecule has 0 spiro atoms. The molecule has 1 fully saturated rings. The third-order valence-corrected chi connectivity index (χ3v) is 5.54. The molecule has 2 atom stereocenters. The molecule has 1 heterocycles. The summed E-state index contributed by atoms with van der Waals surface area (Å²) in [6, 6.07) is 6.32. The van der Waals surface area contributed by atoms with Crippen LogP contribution in [0.25, 0.3) is 10.2 Å². The van der Waals surface area contributed by atoms with Crippen molar-refractivity contribution < 1.29 is 0 Å². The lowest BCUT2D eigenvalue weighted by Crippen LogP contribution is -2.25. The van der Waals surface area contributed by atoms with Crippen molar-refractivity contribution in [3.63, 3.8) is 0 Å². The second kappa shape index (κ2) is 5.27. The van der Waals surface area contributed by atoms with E-state index in [9.17, 15) is 0 Å². The van der Waals surface area contributed by atoms with Crippen LogP contribution in [-0.2, 0) is 0 Å². The Morgan fingerprint density at radius 2 is 2.17 bits per heavy atom. The number of nitrogens with two attached hydrogens (primary N) is 1. The summed E-state index contributed by atoms with van der Waals surface area (Å²) in [5.74, 6) is 1.21. The molecule has 1 aliphatic rings. The zero-order chi connectivity index (χ0) is 12.5. The maximum Gasteiger partial charge on any atom is 0.0972 e. The van der Waals surface area contributed by atoms with E-state index in [2.05, 4.69) is 34.1 Å². The van der Waals surface area contributed by atoms with Gasteiger partial charge in [-0.1, -0.05) is 28.8 Å². The minimum absolute atomic E-state index is 0.583. The van der Waals surface area contributed by atoms with Crippen molar-refractivity contribution in [1.82, 2.24) is 4.98 Å². The van der Waals surface area contributed by atoms with Gasteiger partial charge in [0.2, 0.25) is 0 Å².